The quantitative estimate of drug-likeness (QED) is 0.656. The summed E-state index contributed by atoms with van der Waals surface area (Å²) in [5.41, 5.74) is 4.00. The van der Waals surface area contributed by atoms with Gasteiger partial charge >= 0.3 is 0 Å². The summed E-state index contributed by atoms with van der Waals surface area (Å²) in [6.07, 6.45) is 11.1. The van der Waals surface area contributed by atoms with Gasteiger partial charge in [-0.2, -0.15) is 0 Å². The molecule has 0 spiro atoms. The van der Waals surface area contributed by atoms with Crippen LogP contribution in [-0.4, -0.2) is 0 Å². The Balaban J connectivity index is 1.97. The van der Waals surface area contributed by atoms with Crippen molar-refractivity contribution in [1.82, 2.24) is 0 Å². The van der Waals surface area contributed by atoms with Crippen molar-refractivity contribution in [2.24, 2.45) is 0 Å². The van der Waals surface area contributed by atoms with E-state index in [0.717, 1.165) is 12.8 Å². The summed E-state index contributed by atoms with van der Waals surface area (Å²) in [5.74, 6) is 0.159. The minimum Gasteiger partial charge on any atom is -0.207 e. The van der Waals surface area contributed by atoms with Gasteiger partial charge in [-0.05, 0) is 41.7 Å². The summed E-state index contributed by atoms with van der Waals surface area (Å²) in [4.78, 5) is 0. The number of hydrogen-bond donors (Lipinski definition) is 0. The molecule has 2 aliphatic carbocycles. The van der Waals surface area contributed by atoms with Gasteiger partial charge in [-0.15, -0.1) is 0 Å². The molecule has 1 atom stereocenters. The maximum atomic E-state index is 12.9. The highest BCUT2D eigenvalue weighted by Gasteiger charge is 2.21. The van der Waals surface area contributed by atoms with E-state index in [0.29, 0.717) is 5.92 Å². The fourth-order valence-corrected chi connectivity index (χ4v) is 2.46. The summed E-state index contributed by atoms with van der Waals surface area (Å²) in [6, 6.07) is 6.83. The lowest BCUT2D eigenvalue weighted by Gasteiger charge is -2.15. The summed E-state index contributed by atoms with van der Waals surface area (Å²) >= 11 is 0. The molecule has 0 fully saturated rings. The topological polar surface area (TPSA) is 0 Å². The van der Waals surface area contributed by atoms with Crippen molar-refractivity contribution in [2.45, 2.75) is 18.8 Å². The van der Waals surface area contributed by atoms with Crippen LogP contribution in [0.4, 0.5) is 4.39 Å². The largest absolute Gasteiger partial charge is 0.207 e. The third kappa shape index (κ3) is 1.53. The third-order valence-corrected chi connectivity index (χ3v) is 3.30. The predicted octanol–water partition coefficient (Wildman–Crippen LogP) is 4.13. The van der Waals surface area contributed by atoms with E-state index < -0.39 is 0 Å². The maximum absolute atomic E-state index is 12.9. The minimum absolute atomic E-state index is 0.167. The van der Waals surface area contributed by atoms with Crippen LogP contribution in [0.2, 0.25) is 0 Å². The Kier molecular flexibility index (Phi) is 2.24. The Morgan fingerprint density at radius 1 is 1.06 bits per heavy atom. The molecule has 1 aromatic rings. The average Bonchev–Trinajstić information content (AvgIpc) is 2.74. The molecule has 16 heavy (non-hydrogen) atoms. The lowest BCUT2D eigenvalue weighted by Crippen LogP contribution is -1.98. The van der Waals surface area contributed by atoms with Crippen molar-refractivity contribution in [3.63, 3.8) is 0 Å². The number of hydrogen-bond acceptors (Lipinski definition) is 0. The molecule has 0 nitrogen and oxygen atoms in total. The molecule has 2 aliphatic rings. The Labute approximate surface area is 94.8 Å². The van der Waals surface area contributed by atoms with Gasteiger partial charge in [0.1, 0.15) is 5.82 Å². The van der Waals surface area contributed by atoms with E-state index in [4.69, 9.17) is 0 Å². The Morgan fingerprint density at radius 2 is 1.88 bits per heavy atom. The molecule has 1 unspecified atom stereocenters. The molecule has 1 aromatic carbocycles. The van der Waals surface area contributed by atoms with Crippen LogP contribution >= 0.6 is 0 Å². The van der Waals surface area contributed by atoms with Gasteiger partial charge in [0.15, 0.2) is 0 Å². The third-order valence-electron chi connectivity index (χ3n) is 3.30. The van der Waals surface area contributed by atoms with Crippen LogP contribution < -0.4 is 0 Å². The first-order chi connectivity index (χ1) is 7.84. The molecular weight excluding hydrogens is 199 g/mol. The lowest BCUT2D eigenvalue weighted by molar-refractivity contribution is 0.627. The van der Waals surface area contributed by atoms with E-state index in [1.54, 1.807) is 0 Å². The van der Waals surface area contributed by atoms with Gasteiger partial charge in [0.05, 0.1) is 0 Å². The van der Waals surface area contributed by atoms with Gasteiger partial charge in [0, 0.05) is 5.92 Å². The Hall–Kier alpha value is -1.63. The molecule has 0 amide bonds. The van der Waals surface area contributed by atoms with Crippen LogP contribution in [0.15, 0.2) is 59.7 Å². The number of allylic oxidation sites excluding steroid dienone is 6. The van der Waals surface area contributed by atoms with Crippen molar-refractivity contribution in [3.8, 4) is 0 Å². The van der Waals surface area contributed by atoms with Crippen LogP contribution in [0.3, 0.4) is 0 Å². The molecule has 0 aliphatic heterocycles. The number of rotatable bonds is 1. The predicted molar refractivity (Wildman–Crippen MR) is 63.7 cm³/mol. The zero-order chi connectivity index (χ0) is 11.0. The van der Waals surface area contributed by atoms with E-state index in [9.17, 15) is 4.39 Å². The number of halogens is 1. The van der Waals surface area contributed by atoms with E-state index in [-0.39, 0.29) is 5.82 Å². The molecule has 0 saturated carbocycles. The molecular formula is C15H13F. The molecule has 0 saturated heterocycles. The van der Waals surface area contributed by atoms with Gasteiger partial charge in [0.25, 0.3) is 0 Å². The van der Waals surface area contributed by atoms with Crippen molar-refractivity contribution in [2.75, 3.05) is 0 Å². The van der Waals surface area contributed by atoms with Crippen molar-refractivity contribution >= 4 is 0 Å². The molecule has 0 bridgehead atoms. The van der Waals surface area contributed by atoms with E-state index in [1.165, 1.54) is 28.8 Å². The van der Waals surface area contributed by atoms with Crippen LogP contribution in [0.5, 0.6) is 0 Å². The summed E-state index contributed by atoms with van der Waals surface area (Å²) in [5, 5.41) is 0. The van der Waals surface area contributed by atoms with Gasteiger partial charge in [-0.25, -0.2) is 4.39 Å². The highest BCUT2D eigenvalue weighted by atomic mass is 19.1. The van der Waals surface area contributed by atoms with Crippen LogP contribution in [0.25, 0.3) is 0 Å². The summed E-state index contributed by atoms with van der Waals surface area (Å²) in [6.45, 7) is 0. The van der Waals surface area contributed by atoms with Crippen LogP contribution in [-0.2, 0) is 0 Å². The molecule has 1 heteroatoms. The summed E-state index contributed by atoms with van der Waals surface area (Å²) < 4.78 is 12.9. The second-order valence-electron chi connectivity index (χ2n) is 4.31. The molecule has 0 N–H and O–H groups in total. The minimum atomic E-state index is -0.167. The van der Waals surface area contributed by atoms with E-state index in [1.807, 2.05) is 12.1 Å². The number of benzene rings is 1. The highest BCUT2D eigenvalue weighted by Crippen LogP contribution is 2.38. The van der Waals surface area contributed by atoms with Gasteiger partial charge in [0.2, 0.25) is 0 Å². The zero-order valence-corrected chi connectivity index (χ0v) is 8.99. The van der Waals surface area contributed by atoms with Gasteiger partial charge in [-0.1, -0.05) is 36.4 Å². The van der Waals surface area contributed by atoms with Gasteiger partial charge < -0.3 is 0 Å². The lowest BCUT2D eigenvalue weighted by atomic mass is 9.89. The SMILES string of the molecule is Fc1ccc(C2C=CC3=C2C=CCC3)cc1. The average molecular weight is 212 g/mol. The van der Waals surface area contributed by atoms with Crippen molar-refractivity contribution in [1.29, 1.82) is 0 Å². The first-order valence-electron chi connectivity index (χ1n) is 5.68. The van der Waals surface area contributed by atoms with Crippen molar-refractivity contribution < 1.29 is 4.39 Å². The molecule has 80 valence electrons. The smallest absolute Gasteiger partial charge is 0.123 e. The van der Waals surface area contributed by atoms with E-state index >= 15 is 0 Å². The first-order valence-corrected chi connectivity index (χ1v) is 5.68. The Morgan fingerprint density at radius 3 is 2.69 bits per heavy atom. The molecule has 0 heterocycles. The molecule has 3 rings (SSSR count). The van der Waals surface area contributed by atoms with E-state index in [2.05, 4.69) is 24.3 Å². The molecule has 0 radical (unpaired) electrons. The normalized spacial score (nSPS) is 22.7. The molecule has 0 aromatic heterocycles. The monoisotopic (exact) mass is 212 g/mol. The Bertz CT molecular complexity index is 489. The second-order valence-corrected chi connectivity index (χ2v) is 4.31. The van der Waals surface area contributed by atoms with Gasteiger partial charge in [-0.3, -0.25) is 0 Å². The summed E-state index contributed by atoms with van der Waals surface area (Å²) in [7, 11) is 0. The first kappa shape index (κ1) is 9.59. The highest BCUT2D eigenvalue weighted by molar-refractivity contribution is 5.52. The fourth-order valence-electron chi connectivity index (χ4n) is 2.46. The van der Waals surface area contributed by atoms with Crippen molar-refractivity contribution in [3.05, 3.63) is 71.1 Å². The van der Waals surface area contributed by atoms with Crippen LogP contribution in [0.1, 0.15) is 24.3 Å². The zero-order valence-electron chi connectivity index (χ0n) is 8.99. The maximum Gasteiger partial charge on any atom is 0.123 e. The van der Waals surface area contributed by atoms with Crippen LogP contribution in [0, 0.1) is 5.82 Å². The fraction of sp³-hybridized carbons (Fsp3) is 0.200. The second kappa shape index (κ2) is 3.75. The standard InChI is InChI=1S/C15H13F/c16-13-8-5-12(6-9-13)15-10-7-11-3-1-2-4-14(11)15/h2,4-10,15H,1,3H2.